The van der Waals surface area contributed by atoms with Crippen molar-refractivity contribution in [2.45, 2.75) is 6.42 Å². The molecule has 0 unspecified atom stereocenters. The number of nitro benzene ring substituents is 1. The summed E-state index contributed by atoms with van der Waals surface area (Å²) < 4.78 is 0. The van der Waals surface area contributed by atoms with Gasteiger partial charge in [0.25, 0.3) is 5.91 Å². The number of anilines is 1. The second-order valence-electron chi connectivity index (χ2n) is 4.19. The van der Waals surface area contributed by atoms with E-state index in [2.05, 4.69) is 10.7 Å². The molecule has 110 valence electrons. The molecule has 2 aromatic rings. The molecule has 1 heterocycles. The average molecular weight is 306 g/mol. The molecule has 0 fully saturated rings. The number of benzene rings is 1. The van der Waals surface area contributed by atoms with Crippen molar-refractivity contribution in [3.8, 4) is 0 Å². The van der Waals surface area contributed by atoms with E-state index >= 15 is 0 Å². The predicted octanol–water partition coefficient (Wildman–Crippen LogP) is 1.91. The van der Waals surface area contributed by atoms with Crippen LogP contribution in [0.25, 0.3) is 0 Å². The van der Waals surface area contributed by atoms with Crippen molar-refractivity contribution in [3.63, 3.8) is 0 Å². The number of carbonyl (C=O) groups is 1. The van der Waals surface area contributed by atoms with E-state index in [0.717, 1.165) is 4.88 Å². The molecule has 2 rings (SSSR count). The van der Waals surface area contributed by atoms with Crippen LogP contribution in [0.5, 0.6) is 0 Å². The summed E-state index contributed by atoms with van der Waals surface area (Å²) in [5.74, 6) is 4.75. The fraction of sp³-hybridized carbons (Fsp3) is 0.154. The van der Waals surface area contributed by atoms with Crippen LogP contribution in [0.15, 0.2) is 35.7 Å². The summed E-state index contributed by atoms with van der Waals surface area (Å²) in [5.41, 5.74) is 2.00. The van der Waals surface area contributed by atoms with Gasteiger partial charge in [-0.3, -0.25) is 20.8 Å². The standard InChI is InChI=1S/C13H14N4O3S/c14-16-11-5-1-4-10(12(11)17(19)20)13(18)15-7-6-9-3-2-8-21-9/h1-5,8,16H,6-7,14H2,(H,15,18). The van der Waals surface area contributed by atoms with E-state index in [4.69, 9.17) is 5.84 Å². The Morgan fingerprint density at radius 2 is 2.14 bits per heavy atom. The highest BCUT2D eigenvalue weighted by atomic mass is 32.1. The van der Waals surface area contributed by atoms with Gasteiger partial charge in [-0.25, -0.2) is 0 Å². The molecule has 1 amide bonds. The van der Waals surface area contributed by atoms with Crippen LogP contribution < -0.4 is 16.6 Å². The van der Waals surface area contributed by atoms with Gasteiger partial charge in [-0.05, 0) is 30.0 Å². The Morgan fingerprint density at radius 3 is 2.76 bits per heavy atom. The number of nitro groups is 1. The van der Waals surface area contributed by atoms with Crippen molar-refractivity contribution in [2.24, 2.45) is 5.84 Å². The Bertz CT molecular complexity index is 643. The molecule has 0 saturated heterocycles. The third kappa shape index (κ3) is 3.56. The van der Waals surface area contributed by atoms with Crippen molar-refractivity contribution >= 4 is 28.6 Å². The molecule has 7 nitrogen and oxygen atoms in total. The molecule has 1 aromatic heterocycles. The van der Waals surface area contributed by atoms with Crippen LogP contribution in [0.3, 0.4) is 0 Å². The van der Waals surface area contributed by atoms with Gasteiger partial charge in [0.05, 0.1) is 4.92 Å². The third-order valence-corrected chi connectivity index (χ3v) is 3.79. The summed E-state index contributed by atoms with van der Waals surface area (Å²) in [5, 5.41) is 15.7. The highest BCUT2D eigenvalue weighted by molar-refractivity contribution is 7.09. The Hall–Kier alpha value is -2.45. The summed E-state index contributed by atoms with van der Waals surface area (Å²) in [6.45, 7) is 0.413. The molecule has 8 heteroatoms. The van der Waals surface area contributed by atoms with Gasteiger partial charge in [0.2, 0.25) is 0 Å². The lowest BCUT2D eigenvalue weighted by Crippen LogP contribution is -2.26. The molecule has 0 radical (unpaired) electrons. The summed E-state index contributed by atoms with van der Waals surface area (Å²) in [7, 11) is 0. The summed E-state index contributed by atoms with van der Waals surface area (Å²) >= 11 is 1.60. The quantitative estimate of drug-likeness (QED) is 0.429. The van der Waals surface area contributed by atoms with Gasteiger partial charge in [-0.2, -0.15) is 0 Å². The zero-order valence-electron chi connectivity index (χ0n) is 11.0. The first-order chi connectivity index (χ1) is 10.1. The van der Waals surface area contributed by atoms with Gasteiger partial charge in [0.1, 0.15) is 11.3 Å². The van der Waals surface area contributed by atoms with E-state index in [1.54, 1.807) is 11.3 Å². The molecule has 21 heavy (non-hydrogen) atoms. The number of hydrogen-bond donors (Lipinski definition) is 3. The number of nitrogens with two attached hydrogens (primary N) is 1. The minimum absolute atomic E-state index is 0.0124. The number of carbonyl (C=O) groups excluding carboxylic acids is 1. The number of para-hydroxylation sites is 1. The van der Waals surface area contributed by atoms with Crippen LogP contribution in [-0.4, -0.2) is 17.4 Å². The van der Waals surface area contributed by atoms with E-state index in [1.165, 1.54) is 18.2 Å². The van der Waals surface area contributed by atoms with E-state index in [-0.39, 0.29) is 16.9 Å². The smallest absolute Gasteiger partial charge is 0.306 e. The first kappa shape index (κ1) is 14.9. The van der Waals surface area contributed by atoms with Crippen LogP contribution in [0, 0.1) is 10.1 Å². The fourth-order valence-electron chi connectivity index (χ4n) is 1.89. The van der Waals surface area contributed by atoms with Gasteiger partial charge in [-0.15, -0.1) is 11.3 Å². The zero-order chi connectivity index (χ0) is 15.2. The van der Waals surface area contributed by atoms with Gasteiger partial charge in [0.15, 0.2) is 0 Å². The van der Waals surface area contributed by atoms with Crippen LogP contribution in [0.2, 0.25) is 0 Å². The van der Waals surface area contributed by atoms with Crippen LogP contribution >= 0.6 is 11.3 Å². The van der Waals surface area contributed by atoms with Crippen molar-refractivity contribution < 1.29 is 9.72 Å². The maximum absolute atomic E-state index is 12.1. The first-order valence-corrected chi connectivity index (χ1v) is 7.06. The highest BCUT2D eigenvalue weighted by Gasteiger charge is 2.23. The van der Waals surface area contributed by atoms with Crippen molar-refractivity contribution in [2.75, 3.05) is 12.0 Å². The number of amides is 1. The molecule has 0 bridgehead atoms. The summed E-state index contributed by atoms with van der Waals surface area (Å²) in [4.78, 5) is 23.7. The average Bonchev–Trinajstić information content (AvgIpc) is 2.99. The van der Waals surface area contributed by atoms with Gasteiger partial charge in [0, 0.05) is 11.4 Å². The van der Waals surface area contributed by atoms with E-state index < -0.39 is 10.8 Å². The number of hydrazine groups is 1. The summed E-state index contributed by atoms with van der Waals surface area (Å²) in [6.07, 6.45) is 0.687. The lowest BCUT2D eigenvalue weighted by atomic mass is 10.1. The molecular formula is C13H14N4O3S. The lowest BCUT2D eigenvalue weighted by molar-refractivity contribution is -0.384. The molecule has 0 spiro atoms. The summed E-state index contributed by atoms with van der Waals surface area (Å²) in [6, 6.07) is 8.29. The van der Waals surface area contributed by atoms with Gasteiger partial charge >= 0.3 is 5.69 Å². The highest BCUT2D eigenvalue weighted by Crippen LogP contribution is 2.27. The third-order valence-electron chi connectivity index (χ3n) is 2.86. The molecule has 0 saturated carbocycles. The molecule has 0 aliphatic heterocycles. The number of hydrogen-bond acceptors (Lipinski definition) is 6. The number of nitrogen functional groups attached to an aromatic ring is 1. The minimum Gasteiger partial charge on any atom is -0.351 e. The molecule has 0 atom stereocenters. The van der Waals surface area contributed by atoms with E-state index in [1.807, 2.05) is 17.5 Å². The molecule has 4 N–H and O–H groups in total. The van der Waals surface area contributed by atoms with Crippen molar-refractivity contribution in [1.82, 2.24) is 5.32 Å². The molecule has 1 aromatic carbocycles. The Morgan fingerprint density at radius 1 is 1.33 bits per heavy atom. The number of thiophene rings is 1. The fourth-order valence-corrected chi connectivity index (χ4v) is 2.60. The van der Waals surface area contributed by atoms with Crippen LogP contribution in [-0.2, 0) is 6.42 Å². The van der Waals surface area contributed by atoms with Crippen LogP contribution in [0.4, 0.5) is 11.4 Å². The van der Waals surface area contributed by atoms with Crippen LogP contribution in [0.1, 0.15) is 15.2 Å². The zero-order valence-corrected chi connectivity index (χ0v) is 11.9. The SMILES string of the molecule is NNc1cccc(C(=O)NCCc2cccs2)c1[N+](=O)[O-]. The number of rotatable bonds is 6. The Kier molecular flexibility index (Phi) is 4.85. The molecule has 0 aliphatic carbocycles. The first-order valence-electron chi connectivity index (χ1n) is 6.18. The number of nitrogens with one attached hydrogen (secondary N) is 2. The lowest BCUT2D eigenvalue weighted by Gasteiger charge is -2.08. The molecular weight excluding hydrogens is 292 g/mol. The second-order valence-corrected chi connectivity index (χ2v) is 5.22. The maximum Gasteiger partial charge on any atom is 0.306 e. The largest absolute Gasteiger partial charge is 0.351 e. The van der Waals surface area contributed by atoms with E-state index in [0.29, 0.717) is 13.0 Å². The van der Waals surface area contributed by atoms with Gasteiger partial charge < -0.3 is 10.7 Å². The minimum atomic E-state index is -0.622. The topological polar surface area (TPSA) is 110 Å². The Balaban J connectivity index is 2.10. The van der Waals surface area contributed by atoms with E-state index in [9.17, 15) is 14.9 Å². The second kappa shape index (κ2) is 6.82. The van der Waals surface area contributed by atoms with Gasteiger partial charge in [-0.1, -0.05) is 12.1 Å². The van der Waals surface area contributed by atoms with Crippen molar-refractivity contribution in [1.29, 1.82) is 0 Å². The molecule has 0 aliphatic rings. The maximum atomic E-state index is 12.1. The normalized spacial score (nSPS) is 10.1. The Labute approximate surface area is 124 Å². The van der Waals surface area contributed by atoms with Crippen molar-refractivity contribution in [3.05, 3.63) is 56.3 Å². The number of nitrogens with zero attached hydrogens (tertiary/aromatic N) is 1. The monoisotopic (exact) mass is 306 g/mol. The predicted molar refractivity (Wildman–Crippen MR) is 81.3 cm³/mol.